The van der Waals surface area contributed by atoms with Crippen molar-refractivity contribution >= 4 is 21.6 Å². The van der Waals surface area contributed by atoms with E-state index in [-0.39, 0.29) is 36.6 Å². The van der Waals surface area contributed by atoms with E-state index in [4.69, 9.17) is 9.47 Å². The predicted octanol–water partition coefficient (Wildman–Crippen LogP) is 3.63. The van der Waals surface area contributed by atoms with Crippen LogP contribution < -0.4 is 10.1 Å². The first-order valence-corrected chi connectivity index (χ1v) is 15.7. The second-order valence-corrected chi connectivity index (χ2v) is 12.2. The van der Waals surface area contributed by atoms with Crippen molar-refractivity contribution in [3.05, 3.63) is 71.2 Å². The Labute approximate surface area is 240 Å². The fourth-order valence-corrected chi connectivity index (χ4v) is 5.95. The molecule has 41 heavy (non-hydrogen) atoms. The van der Waals surface area contributed by atoms with Crippen molar-refractivity contribution in [3.63, 3.8) is 0 Å². The zero-order chi connectivity index (χ0) is 29.0. The van der Waals surface area contributed by atoms with E-state index in [1.54, 1.807) is 11.8 Å². The van der Waals surface area contributed by atoms with Gasteiger partial charge >= 0.3 is 0 Å². The van der Waals surface area contributed by atoms with Gasteiger partial charge in [-0.05, 0) is 48.4 Å². The minimum absolute atomic E-state index is 0.0989. The zero-order valence-corrected chi connectivity index (χ0v) is 24.2. The van der Waals surface area contributed by atoms with Crippen LogP contribution in [0.25, 0.3) is 11.1 Å². The van der Waals surface area contributed by atoms with E-state index in [0.717, 1.165) is 68.2 Å². The highest BCUT2D eigenvalue weighted by Gasteiger charge is 2.27. The number of fused-ring (bicyclic) bond motifs is 1. The van der Waals surface area contributed by atoms with Gasteiger partial charge in [0, 0.05) is 67.4 Å². The zero-order valence-electron chi connectivity index (χ0n) is 23.4. The monoisotopic (exact) mass is 582 g/mol. The number of morpholine rings is 1. The summed E-state index contributed by atoms with van der Waals surface area (Å²) in [5.74, 6) is 0.267. The van der Waals surface area contributed by atoms with Crippen LogP contribution >= 0.6 is 0 Å². The van der Waals surface area contributed by atoms with Gasteiger partial charge in [0.2, 0.25) is 0 Å². The molecule has 0 saturated carbocycles. The maximum absolute atomic E-state index is 15.1. The number of ether oxygens (including phenoxy) is 2. The number of nitrogens with one attached hydrogen (secondary N) is 1. The summed E-state index contributed by atoms with van der Waals surface area (Å²) < 4.78 is 50.4. The summed E-state index contributed by atoms with van der Waals surface area (Å²) in [6, 6.07) is 12.4. The number of hydrogen-bond donors (Lipinski definition) is 1. The van der Waals surface area contributed by atoms with Crippen molar-refractivity contribution in [2.24, 2.45) is 0 Å². The molecule has 2 aliphatic heterocycles. The molecule has 1 aromatic heterocycles. The van der Waals surface area contributed by atoms with Gasteiger partial charge in [-0.1, -0.05) is 13.0 Å². The lowest BCUT2D eigenvalue weighted by Gasteiger charge is -2.26. The summed E-state index contributed by atoms with van der Waals surface area (Å²) in [6.07, 6.45) is 2.96. The summed E-state index contributed by atoms with van der Waals surface area (Å²) in [4.78, 5) is 21.7. The van der Waals surface area contributed by atoms with Crippen LogP contribution in [0.1, 0.15) is 28.4 Å². The third-order valence-electron chi connectivity index (χ3n) is 7.45. The highest BCUT2D eigenvalue weighted by Crippen LogP contribution is 2.31. The van der Waals surface area contributed by atoms with Gasteiger partial charge in [0.15, 0.2) is 9.84 Å². The number of hydrogen-bond acceptors (Lipinski definition) is 8. The predicted molar refractivity (Wildman–Crippen MR) is 155 cm³/mol. The first kappa shape index (κ1) is 29.0. The molecule has 11 heteroatoms. The lowest BCUT2D eigenvalue weighted by Crippen LogP contribution is -2.39. The normalized spacial score (nSPS) is 16.0. The second kappa shape index (κ2) is 12.5. The third-order valence-corrected chi connectivity index (χ3v) is 8.57. The van der Waals surface area contributed by atoms with Gasteiger partial charge < -0.3 is 19.7 Å². The van der Waals surface area contributed by atoms with E-state index in [0.29, 0.717) is 12.3 Å². The first-order valence-electron chi connectivity index (χ1n) is 13.8. The number of amides is 1. The SMILES string of the molecule is CCc1c(C(=O)N2CCOc3ccc(-c4ccc(NCCN5CCOCC5)nc4)cc3C2)ccc(S(C)(=O)=O)c1F. The van der Waals surface area contributed by atoms with Crippen LogP contribution in [0.3, 0.4) is 0 Å². The molecule has 0 unspecified atom stereocenters. The maximum atomic E-state index is 15.1. The van der Waals surface area contributed by atoms with Crippen molar-refractivity contribution in [2.75, 3.05) is 64.1 Å². The van der Waals surface area contributed by atoms with Gasteiger partial charge in [-0.2, -0.15) is 0 Å². The Morgan fingerprint density at radius 3 is 2.54 bits per heavy atom. The maximum Gasteiger partial charge on any atom is 0.254 e. The molecule has 1 saturated heterocycles. The Balaban J connectivity index is 1.30. The van der Waals surface area contributed by atoms with Crippen molar-refractivity contribution in [1.29, 1.82) is 0 Å². The molecule has 1 fully saturated rings. The fraction of sp³-hybridized carbons (Fsp3) is 0.400. The molecule has 218 valence electrons. The second-order valence-electron chi connectivity index (χ2n) is 10.2. The van der Waals surface area contributed by atoms with E-state index < -0.39 is 20.5 Å². The quantitative estimate of drug-likeness (QED) is 0.430. The Hall–Kier alpha value is -3.54. The number of carbonyl (C=O) groups excluding carboxylic acids is 1. The molecule has 0 spiro atoms. The molecule has 1 N–H and O–H groups in total. The average Bonchev–Trinajstić information content (AvgIpc) is 3.19. The molecule has 1 amide bonds. The smallest absolute Gasteiger partial charge is 0.254 e. The van der Waals surface area contributed by atoms with Gasteiger partial charge in [0.1, 0.15) is 28.9 Å². The molecule has 2 aliphatic rings. The molecule has 3 heterocycles. The Morgan fingerprint density at radius 1 is 1.05 bits per heavy atom. The van der Waals surface area contributed by atoms with Gasteiger partial charge in [-0.15, -0.1) is 0 Å². The fourth-order valence-electron chi connectivity index (χ4n) is 5.19. The van der Waals surface area contributed by atoms with Crippen LogP contribution in [0, 0.1) is 5.82 Å². The number of halogens is 1. The van der Waals surface area contributed by atoms with Crippen LogP contribution in [0.5, 0.6) is 5.75 Å². The van der Waals surface area contributed by atoms with Crippen molar-refractivity contribution in [3.8, 4) is 16.9 Å². The van der Waals surface area contributed by atoms with Crippen molar-refractivity contribution in [1.82, 2.24) is 14.8 Å². The summed E-state index contributed by atoms with van der Waals surface area (Å²) in [5, 5.41) is 3.37. The van der Waals surface area contributed by atoms with E-state index >= 15 is 4.39 Å². The molecular weight excluding hydrogens is 547 g/mol. The number of pyridine rings is 1. The number of aromatic nitrogens is 1. The molecular formula is C30H35FN4O5S. The van der Waals surface area contributed by atoms with Crippen molar-refractivity contribution < 1.29 is 27.1 Å². The largest absolute Gasteiger partial charge is 0.491 e. The first-order chi connectivity index (χ1) is 19.7. The van der Waals surface area contributed by atoms with E-state index in [1.807, 2.05) is 36.5 Å². The van der Waals surface area contributed by atoms with E-state index in [1.165, 1.54) is 12.1 Å². The van der Waals surface area contributed by atoms with Crippen LogP contribution in [0.2, 0.25) is 0 Å². The highest BCUT2D eigenvalue weighted by molar-refractivity contribution is 7.90. The minimum Gasteiger partial charge on any atom is -0.491 e. The standard InChI is InChI=1S/C30H35FN4O5S/c1-3-24-25(6-8-27(29(24)31)41(2,37)38)30(36)35-14-17-40-26-7-4-21(18-23(26)20-35)22-5-9-28(33-19-22)32-10-11-34-12-15-39-16-13-34/h4-9,18-19H,3,10-17,20H2,1-2H3,(H,32,33). The van der Waals surface area contributed by atoms with Gasteiger partial charge in [-0.3, -0.25) is 9.69 Å². The number of rotatable bonds is 8. The summed E-state index contributed by atoms with van der Waals surface area (Å²) in [5.41, 5.74) is 2.96. The Morgan fingerprint density at radius 2 is 1.83 bits per heavy atom. The molecule has 3 aromatic rings. The lowest BCUT2D eigenvalue weighted by molar-refractivity contribution is 0.0398. The molecule has 0 radical (unpaired) electrons. The Kier molecular flexibility index (Phi) is 8.86. The van der Waals surface area contributed by atoms with E-state index in [2.05, 4.69) is 15.2 Å². The summed E-state index contributed by atoms with van der Waals surface area (Å²) in [7, 11) is -3.76. The lowest BCUT2D eigenvalue weighted by atomic mass is 10.0. The minimum atomic E-state index is -3.76. The third kappa shape index (κ3) is 6.69. The molecule has 2 aromatic carbocycles. The molecule has 9 nitrogen and oxygen atoms in total. The molecule has 0 aliphatic carbocycles. The van der Waals surface area contributed by atoms with Crippen LogP contribution in [0.4, 0.5) is 10.2 Å². The Bertz CT molecular complexity index is 1510. The molecule has 0 bridgehead atoms. The number of carbonyl (C=O) groups is 1. The van der Waals surface area contributed by atoms with Crippen LogP contribution in [-0.2, 0) is 27.5 Å². The average molecular weight is 583 g/mol. The number of sulfone groups is 1. The molecule has 0 atom stereocenters. The van der Waals surface area contributed by atoms with Gasteiger partial charge in [0.05, 0.1) is 19.8 Å². The van der Waals surface area contributed by atoms with Crippen LogP contribution in [-0.4, -0.2) is 87.9 Å². The van der Waals surface area contributed by atoms with Crippen molar-refractivity contribution in [2.45, 2.75) is 24.8 Å². The van der Waals surface area contributed by atoms with Gasteiger partial charge in [-0.25, -0.2) is 17.8 Å². The topological polar surface area (TPSA) is 101 Å². The highest BCUT2D eigenvalue weighted by atomic mass is 32.2. The van der Waals surface area contributed by atoms with Crippen LogP contribution in [0.15, 0.2) is 53.6 Å². The van der Waals surface area contributed by atoms with E-state index in [9.17, 15) is 13.2 Å². The number of benzene rings is 2. The number of anilines is 1. The summed E-state index contributed by atoms with van der Waals surface area (Å²) >= 11 is 0. The van der Waals surface area contributed by atoms with Gasteiger partial charge in [0.25, 0.3) is 5.91 Å². The molecule has 5 rings (SSSR count). The number of nitrogens with zero attached hydrogens (tertiary/aromatic N) is 3. The summed E-state index contributed by atoms with van der Waals surface area (Å²) in [6.45, 7) is 7.76.